The molecule has 5 heteroatoms. The lowest BCUT2D eigenvalue weighted by Crippen LogP contribution is -2.38. The molecule has 0 aliphatic carbocycles. The molecule has 120 valence electrons. The molecule has 1 N–H and O–H groups in total. The minimum Gasteiger partial charge on any atom is -0.474 e. The van der Waals surface area contributed by atoms with Gasteiger partial charge in [-0.1, -0.05) is 18.2 Å². The van der Waals surface area contributed by atoms with E-state index in [2.05, 4.69) is 4.99 Å². The highest BCUT2D eigenvalue weighted by Crippen LogP contribution is 2.29. The third kappa shape index (κ3) is 4.23. The van der Waals surface area contributed by atoms with Crippen molar-refractivity contribution in [3.05, 3.63) is 30.3 Å². The molecule has 1 aliphatic heterocycles. The Kier molecular flexibility index (Phi) is 4.44. The second-order valence-corrected chi connectivity index (χ2v) is 6.88. The van der Waals surface area contributed by atoms with Crippen LogP contribution >= 0.6 is 0 Å². The van der Waals surface area contributed by atoms with Gasteiger partial charge in [0.25, 0.3) is 0 Å². The van der Waals surface area contributed by atoms with Crippen molar-refractivity contribution in [1.29, 1.82) is 0 Å². The van der Waals surface area contributed by atoms with E-state index >= 15 is 0 Å². The Hall–Kier alpha value is -2.04. The average molecular weight is 304 g/mol. The zero-order valence-electron chi connectivity index (χ0n) is 13.7. The third-order valence-electron chi connectivity index (χ3n) is 3.75. The van der Waals surface area contributed by atoms with Gasteiger partial charge in [0.1, 0.15) is 12.1 Å². The molecule has 0 saturated carbocycles. The molecule has 0 atom stereocenters. The molecule has 1 aromatic carbocycles. The minimum absolute atomic E-state index is 0.117. The predicted molar refractivity (Wildman–Crippen MR) is 87.7 cm³/mol. The van der Waals surface area contributed by atoms with Crippen molar-refractivity contribution in [3.8, 4) is 0 Å². The highest BCUT2D eigenvalue weighted by Gasteiger charge is 2.32. The summed E-state index contributed by atoms with van der Waals surface area (Å²) in [5, 5.41) is 9.50. The smallest absolute Gasteiger partial charge is 0.412 e. The van der Waals surface area contributed by atoms with Gasteiger partial charge < -0.3 is 9.84 Å². The van der Waals surface area contributed by atoms with Gasteiger partial charge >= 0.3 is 6.09 Å². The van der Waals surface area contributed by atoms with Crippen LogP contribution in [0.1, 0.15) is 40.5 Å². The van der Waals surface area contributed by atoms with Crippen LogP contribution in [0, 0.1) is 0 Å². The maximum Gasteiger partial charge on any atom is 0.412 e. The molecular weight excluding hydrogens is 280 g/mol. The Morgan fingerprint density at radius 1 is 1.23 bits per heavy atom. The fourth-order valence-corrected chi connectivity index (χ4v) is 2.47. The second-order valence-electron chi connectivity index (χ2n) is 6.88. The van der Waals surface area contributed by atoms with E-state index in [0.717, 1.165) is 12.8 Å². The maximum atomic E-state index is 11.6. The van der Waals surface area contributed by atoms with Gasteiger partial charge in [0.2, 0.25) is 5.90 Å². The van der Waals surface area contributed by atoms with E-state index in [9.17, 15) is 9.90 Å². The summed E-state index contributed by atoms with van der Waals surface area (Å²) in [6.45, 7) is 8.23. The van der Waals surface area contributed by atoms with E-state index in [-0.39, 0.29) is 17.7 Å². The number of carboxylic acid groups (broad SMARTS) is 1. The van der Waals surface area contributed by atoms with Crippen molar-refractivity contribution < 1.29 is 14.6 Å². The van der Waals surface area contributed by atoms with Gasteiger partial charge in [0.15, 0.2) is 0 Å². The quantitative estimate of drug-likeness (QED) is 0.920. The molecular formula is C17H24N2O3. The number of amides is 1. The van der Waals surface area contributed by atoms with E-state index in [1.807, 2.05) is 45.9 Å². The lowest BCUT2D eigenvalue weighted by Gasteiger charge is -2.27. The summed E-state index contributed by atoms with van der Waals surface area (Å²) >= 11 is 0. The number of hydrogen-bond donors (Lipinski definition) is 1. The Labute approximate surface area is 131 Å². The van der Waals surface area contributed by atoms with Crippen molar-refractivity contribution in [2.24, 2.45) is 4.99 Å². The summed E-state index contributed by atoms with van der Waals surface area (Å²) < 4.78 is 5.98. The van der Waals surface area contributed by atoms with Crippen molar-refractivity contribution in [3.63, 3.8) is 0 Å². The minimum atomic E-state index is -1.02. The molecule has 0 aromatic heterocycles. The first-order chi connectivity index (χ1) is 10.2. The van der Waals surface area contributed by atoms with Crippen LogP contribution in [-0.4, -0.2) is 34.8 Å². The summed E-state index contributed by atoms with van der Waals surface area (Å²) in [5.41, 5.74) is 0.0263. The molecule has 0 bridgehead atoms. The predicted octanol–water partition coefficient (Wildman–Crippen LogP) is 3.94. The number of rotatable bonds is 3. The van der Waals surface area contributed by atoms with Crippen LogP contribution in [0.4, 0.5) is 10.5 Å². The summed E-state index contributed by atoms with van der Waals surface area (Å²) in [7, 11) is 0. The van der Waals surface area contributed by atoms with Gasteiger partial charge in [-0.25, -0.2) is 9.79 Å². The molecule has 0 unspecified atom stereocenters. The number of para-hydroxylation sites is 1. The van der Waals surface area contributed by atoms with Gasteiger partial charge in [-0.2, -0.15) is 0 Å². The fraction of sp³-hybridized carbons (Fsp3) is 0.529. The van der Waals surface area contributed by atoms with Gasteiger partial charge in [0, 0.05) is 5.69 Å². The number of nitrogens with zero attached hydrogens (tertiary/aromatic N) is 2. The first kappa shape index (κ1) is 16.3. The number of aliphatic imine (C=N–C) groups is 1. The van der Waals surface area contributed by atoms with Crippen LogP contribution in [0.5, 0.6) is 0 Å². The van der Waals surface area contributed by atoms with Gasteiger partial charge in [-0.05, 0) is 52.7 Å². The van der Waals surface area contributed by atoms with E-state index in [0.29, 0.717) is 11.6 Å². The van der Waals surface area contributed by atoms with Crippen LogP contribution in [0.25, 0.3) is 0 Å². The van der Waals surface area contributed by atoms with Crippen LogP contribution in [0.15, 0.2) is 35.3 Å². The Morgan fingerprint density at radius 2 is 1.86 bits per heavy atom. The molecule has 0 spiro atoms. The highest BCUT2D eigenvalue weighted by molar-refractivity contribution is 5.94. The number of anilines is 1. The Bertz CT molecular complexity index is 565. The molecule has 1 amide bonds. The maximum absolute atomic E-state index is 11.6. The summed E-state index contributed by atoms with van der Waals surface area (Å²) in [5.74, 6) is 0.471. The molecule has 1 aliphatic rings. The van der Waals surface area contributed by atoms with E-state index < -0.39 is 6.09 Å². The van der Waals surface area contributed by atoms with E-state index in [1.54, 1.807) is 12.1 Å². The molecule has 1 aromatic rings. The first-order valence-corrected chi connectivity index (χ1v) is 7.52. The fourth-order valence-electron chi connectivity index (χ4n) is 2.47. The van der Waals surface area contributed by atoms with Crippen LogP contribution in [-0.2, 0) is 4.74 Å². The molecule has 1 heterocycles. The molecule has 0 fully saturated rings. The number of hydrogen-bond acceptors (Lipinski definition) is 3. The van der Waals surface area contributed by atoms with Crippen LogP contribution in [0.3, 0.4) is 0 Å². The topological polar surface area (TPSA) is 62.1 Å². The lowest BCUT2D eigenvalue weighted by molar-refractivity contribution is 0.0853. The van der Waals surface area contributed by atoms with Crippen molar-refractivity contribution in [2.75, 3.05) is 11.4 Å². The van der Waals surface area contributed by atoms with Crippen molar-refractivity contribution >= 4 is 17.7 Å². The second kappa shape index (κ2) is 5.99. The summed E-state index contributed by atoms with van der Waals surface area (Å²) in [6, 6.07) is 9.02. The Balaban J connectivity index is 2.28. The van der Waals surface area contributed by atoms with Crippen LogP contribution in [0.2, 0.25) is 0 Å². The molecule has 0 radical (unpaired) electrons. The van der Waals surface area contributed by atoms with Crippen molar-refractivity contribution in [1.82, 2.24) is 0 Å². The summed E-state index contributed by atoms with van der Waals surface area (Å²) in [4.78, 5) is 17.5. The largest absolute Gasteiger partial charge is 0.474 e. The van der Waals surface area contributed by atoms with Crippen LogP contribution < -0.4 is 4.90 Å². The zero-order chi connectivity index (χ0) is 16.4. The van der Waals surface area contributed by atoms with Crippen molar-refractivity contribution in [2.45, 2.75) is 51.7 Å². The molecule has 5 nitrogen and oxygen atoms in total. The van der Waals surface area contributed by atoms with Gasteiger partial charge in [0.05, 0.1) is 5.54 Å². The van der Waals surface area contributed by atoms with Gasteiger partial charge in [-0.15, -0.1) is 0 Å². The standard InChI is InChI=1S/C17H24N2O3/c1-16(2)10-11-17(3,4)22-14(18-16)12-19(15(20)21)13-8-6-5-7-9-13/h5-9H,10-12H2,1-4H3,(H,20,21). The third-order valence-corrected chi connectivity index (χ3v) is 3.75. The number of ether oxygens (including phenoxy) is 1. The highest BCUT2D eigenvalue weighted by atomic mass is 16.5. The molecule has 2 rings (SSSR count). The van der Waals surface area contributed by atoms with E-state index in [4.69, 9.17) is 4.74 Å². The van der Waals surface area contributed by atoms with Gasteiger partial charge in [-0.3, -0.25) is 4.90 Å². The lowest BCUT2D eigenvalue weighted by atomic mass is 9.93. The Morgan fingerprint density at radius 3 is 2.45 bits per heavy atom. The first-order valence-electron chi connectivity index (χ1n) is 7.52. The normalized spacial score (nSPS) is 19.5. The average Bonchev–Trinajstić information content (AvgIpc) is 2.52. The number of benzene rings is 1. The van der Waals surface area contributed by atoms with E-state index in [1.165, 1.54) is 4.90 Å². The zero-order valence-corrected chi connectivity index (χ0v) is 13.7. The molecule has 0 saturated heterocycles. The molecule has 22 heavy (non-hydrogen) atoms. The summed E-state index contributed by atoms with van der Waals surface area (Å²) in [6.07, 6.45) is 0.769. The number of carbonyl (C=O) groups is 1. The monoisotopic (exact) mass is 304 g/mol. The SMILES string of the molecule is CC1(C)CCC(C)(C)OC(CN(C(=O)O)c2ccccc2)=N1.